The van der Waals surface area contributed by atoms with Crippen molar-refractivity contribution in [3.8, 4) is 6.07 Å². The van der Waals surface area contributed by atoms with E-state index in [0.29, 0.717) is 25.3 Å². The number of nitriles is 1. The number of amides is 1. The van der Waals surface area contributed by atoms with Gasteiger partial charge in [0.2, 0.25) is 5.91 Å². The summed E-state index contributed by atoms with van der Waals surface area (Å²) in [4.78, 5) is 19.2. The van der Waals surface area contributed by atoms with Gasteiger partial charge in [-0.2, -0.15) is 5.26 Å². The van der Waals surface area contributed by atoms with E-state index in [1.54, 1.807) is 7.11 Å². The Kier molecular flexibility index (Phi) is 6.07. The number of nitrogens with zero attached hydrogens (tertiary/aromatic N) is 3. The van der Waals surface area contributed by atoms with Gasteiger partial charge in [0.15, 0.2) is 0 Å². The van der Waals surface area contributed by atoms with Crippen LogP contribution in [0.15, 0.2) is 28.7 Å². The van der Waals surface area contributed by atoms with E-state index < -0.39 is 0 Å². The fraction of sp³-hybridized carbons (Fsp3) is 0.421. The Balaban J connectivity index is 1.81. The minimum atomic E-state index is -0.0754. The zero-order valence-electron chi connectivity index (χ0n) is 14.7. The number of benzene rings is 1. The van der Waals surface area contributed by atoms with Crippen molar-refractivity contribution in [1.82, 2.24) is 10.3 Å². The summed E-state index contributed by atoms with van der Waals surface area (Å²) in [5.74, 6) is 0.733. The molecule has 0 spiro atoms. The van der Waals surface area contributed by atoms with Crippen LogP contribution in [0.2, 0.25) is 0 Å². The molecule has 1 aromatic heterocycles. The fourth-order valence-electron chi connectivity index (χ4n) is 3.26. The second-order valence-electron chi connectivity index (χ2n) is 6.37. The predicted octanol–water partition coefficient (Wildman–Crippen LogP) is 2.85. The van der Waals surface area contributed by atoms with E-state index >= 15 is 0 Å². The molecule has 0 saturated carbocycles. The number of hydrogen-bond donors (Lipinski definition) is 1. The van der Waals surface area contributed by atoms with Gasteiger partial charge in [-0.25, -0.2) is 4.98 Å². The van der Waals surface area contributed by atoms with Gasteiger partial charge in [-0.15, -0.1) is 0 Å². The molecule has 7 heteroatoms. The molecular weight excluding hydrogens is 396 g/mol. The van der Waals surface area contributed by atoms with E-state index in [4.69, 9.17) is 9.72 Å². The second kappa shape index (κ2) is 8.47. The van der Waals surface area contributed by atoms with Gasteiger partial charge in [-0.3, -0.25) is 4.79 Å². The number of ether oxygens (including phenoxy) is 1. The summed E-state index contributed by atoms with van der Waals surface area (Å²) in [6.45, 7) is 2.48. The van der Waals surface area contributed by atoms with Gasteiger partial charge in [0.25, 0.3) is 0 Å². The molecule has 2 aromatic rings. The number of methoxy groups -OCH3 is 1. The summed E-state index contributed by atoms with van der Waals surface area (Å²) in [6.07, 6.45) is 1.78. The van der Waals surface area contributed by atoms with Gasteiger partial charge < -0.3 is 15.0 Å². The Labute approximate surface area is 161 Å². The van der Waals surface area contributed by atoms with Gasteiger partial charge in [0.05, 0.1) is 29.7 Å². The maximum absolute atomic E-state index is 12.4. The minimum Gasteiger partial charge on any atom is -0.383 e. The van der Waals surface area contributed by atoms with E-state index in [1.165, 1.54) is 0 Å². The molecule has 0 bridgehead atoms. The van der Waals surface area contributed by atoms with Gasteiger partial charge in [-0.05, 0) is 37.1 Å². The van der Waals surface area contributed by atoms with Crippen molar-refractivity contribution in [2.45, 2.75) is 12.8 Å². The topological polar surface area (TPSA) is 78.2 Å². The molecule has 0 radical (unpaired) electrons. The number of piperidine rings is 1. The monoisotopic (exact) mass is 416 g/mol. The Hall–Kier alpha value is -2.17. The Bertz CT molecular complexity index is 849. The van der Waals surface area contributed by atoms with Gasteiger partial charge >= 0.3 is 0 Å². The highest BCUT2D eigenvalue weighted by Gasteiger charge is 2.26. The first kappa shape index (κ1) is 18.6. The summed E-state index contributed by atoms with van der Waals surface area (Å²) in [5.41, 5.74) is 1.38. The van der Waals surface area contributed by atoms with E-state index in [1.807, 2.05) is 24.3 Å². The summed E-state index contributed by atoms with van der Waals surface area (Å²) >= 11 is 3.44. The van der Waals surface area contributed by atoms with Crippen molar-refractivity contribution in [2.75, 3.05) is 38.3 Å². The zero-order valence-corrected chi connectivity index (χ0v) is 16.3. The minimum absolute atomic E-state index is 0.0528. The third-order valence-corrected chi connectivity index (χ3v) is 5.09. The predicted molar refractivity (Wildman–Crippen MR) is 104 cm³/mol. The molecule has 1 aromatic carbocycles. The van der Waals surface area contributed by atoms with Crippen LogP contribution in [0.3, 0.4) is 0 Å². The molecular formula is C19H21BrN4O2. The molecule has 3 rings (SSSR count). The third kappa shape index (κ3) is 4.14. The average molecular weight is 417 g/mol. The normalized spacial score (nSPS) is 17.1. The molecule has 0 unspecified atom stereocenters. The number of carbonyl (C=O) groups is 1. The van der Waals surface area contributed by atoms with Crippen LogP contribution >= 0.6 is 15.9 Å². The molecule has 1 aliphatic rings. The fourth-order valence-corrected chi connectivity index (χ4v) is 3.62. The molecule has 136 valence electrons. The van der Waals surface area contributed by atoms with Crippen molar-refractivity contribution >= 4 is 38.6 Å². The van der Waals surface area contributed by atoms with Crippen LogP contribution < -0.4 is 10.2 Å². The molecule has 26 heavy (non-hydrogen) atoms. The lowest BCUT2D eigenvalue weighted by molar-refractivity contribution is -0.125. The molecule has 1 N–H and O–H groups in total. The van der Waals surface area contributed by atoms with Crippen LogP contribution in [0.5, 0.6) is 0 Å². The van der Waals surface area contributed by atoms with E-state index in [0.717, 1.165) is 40.6 Å². The highest BCUT2D eigenvalue weighted by atomic mass is 79.9. The zero-order chi connectivity index (χ0) is 18.5. The third-order valence-electron chi connectivity index (χ3n) is 4.60. The molecule has 1 amide bonds. The van der Waals surface area contributed by atoms with Gasteiger partial charge in [0.1, 0.15) is 5.82 Å². The van der Waals surface area contributed by atoms with Crippen molar-refractivity contribution in [2.24, 2.45) is 5.92 Å². The van der Waals surface area contributed by atoms with Crippen LogP contribution in [0.4, 0.5) is 5.82 Å². The Morgan fingerprint density at radius 1 is 1.50 bits per heavy atom. The number of rotatable bonds is 5. The molecule has 1 saturated heterocycles. The average Bonchev–Trinajstić information content (AvgIpc) is 2.67. The van der Waals surface area contributed by atoms with Crippen LogP contribution in [-0.4, -0.2) is 44.2 Å². The highest BCUT2D eigenvalue weighted by molar-refractivity contribution is 9.10. The van der Waals surface area contributed by atoms with E-state index in [9.17, 15) is 10.1 Å². The smallest absolute Gasteiger partial charge is 0.224 e. The first-order chi connectivity index (χ1) is 12.6. The number of pyridine rings is 1. The summed E-state index contributed by atoms with van der Waals surface area (Å²) < 4.78 is 5.89. The van der Waals surface area contributed by atoms with Crippen LogP contribution in [0.25, 0.3) is 10.9 Å². The largest absolute Gasteiger partial charge is 0.383 e. The number of aromatic nitrogens is 1. The maximum atomic E-state index is 12.4. The Morgan fingerprint density at radius 3 is 3.12 bits per heavy atom. The lowest BCUT2D eigenvalue weighted by atomic mass is 9.97. The summed E-state index contributed by atoms with van der Waals surface area (Å²) in [6, 6.07) is 9.82. The summed E-state index contributed by atoms with van der Waals surface area (Å²) in [7, 11) is 1.62. The number of fused-ring (bicyclic) bond motifs is 1. The van der Waals surface area contributed by atoms with E-state index in [2.05, 4.69) is 32.2 Å². The molecule has 1 atom stereocenters. The van der Waals surface area contributed by atoms with Gasteiger partial charge in [-0.1, -0.05) is 15.9 Å². The summed E-state index contributed by atoms with van der Waals surface area (Å²) in [5, 5.41) is 13.3. The lowest BCUT2D eigenvalue weighted by Crippen LogP contribution is -2.44. The van der Waals surface area contributed by atoms with Crippen LogP contribution in [-0.2, 0) is 9.53 Å². The highest BCUT2D eigenvalue weighted by Crippen LogP contribution is 2.28. The van der Waals surface area contributed by atoms with Crippen molar-refractivity contribution in [3.05, 3.63) is 34.3 Å². The standard InChI is InChI=1S/C19H21BrN4O2/c1-26-8-6-22-19(25)13-3-2-7-24(12-13)18-9-14(11-21)16-10-15(20)4-5-17(16)23-18/h4-5,9-10,13H,2-3,6-8,12H2,1H3,(H,22,25)/t13-/m0/s1. The second-order valence-corrected chi connectivity index (χ2v) is 7.29. The molecule has 0 aliphatic carbocycles. The van der Waals surface area contributed by atoms with Crippen molar-refractivity contribution in [1.29, 1.82) is 5.26 Å². The van der Waals surface area contributed by atoms with Gasteiger partial charge in [0, 0.05) is 36.6 Å². The first-order valence-electron chi connectivity index (χ1n) is 8.64. The number of halogens is 1. The number of hydrogen-bond acceptors (Lipinski definition) is 5. The molecule has 1 aliphatic heterocycles. The SMILES string of the molecule is COCCNC(=O)[C@H]1CCCN(c2cc(C#N)c3cc(Br)ccc3n2)C1. The van der Waals surface area contributed by atoms with Crippen molar-refractivity contribution in [3.63, 3.8) is 0 Å². The number of carbonyl (C=O) groups excluding carboxylic acids is 1. The molecule has 6 nitrogen and oxygen atoms in total. The van der Waals surface area contributed by atoms with Crippen LogP contribution in [0, 0.1) is 17.2 Å². The lowest BCUT2D eigenvalue weighted by Gasteiger charge is -2.33. The number of nitrogens with one attached hydrogen (secondary N) is 1. The quantitative estimate of drug-likeness (QED) is 0.758. The molecule has 1 fully saturated rings. The van der Waals surface area contributed by atoms with E-state index in [-0.39, 0.29) is 11.8 Å². The number of anilines is 1. The Morgan fingerprint density at radius 2 is 2.35 bits per heavy atom. The first-order valence-corrected chi connectivity index (χ1v) is 9.43. The van der Waals surface area contributed by atoms with Crippen molar-refractivity contribution < 1.29 is 9.53 Å². The molecule has 2 heterocycles. The van der Waals surface area contributed by atoms with Crippen LogP contribution in [0.1, 0.15) is 18.4 Å². The maximum Gasteiger partial charge on any atom is 0.224 e.